The van der Waals surface area contributed by atoms with Crippen LogP contribution in [0.3, 0.4) is 0 Å². The number of hydrogen-bond acceptors (Lipinski definition) is 3. The quantitative estimate of drug-likeness (QED) is 0.937. The Hall–Kier alpha value is -1.78. The monoisotopic (exact) mass is 300 g/mol. The van der Waals surface area contributed by atoms with Gasteiger partial charge in [-0.25, -0.2) is 4.39 Å². The van der Waals surface area contributed by atoms with Crippen molar-refractivity contribution in [3.05, 3.63) is 65.7 Å². The molecule has 2 aromatic rings. The van der Waals surface area contributed by atoms with Crippen molar-refractivity contribution in [3.8, 4) is 0 Å². The zero-order valence-corrected chi connectivity index (χ0v) is 12.8. The molecule has 2 heterocycles. The van der Waals surface area contributed by atoms with E-state index in [1.165, 1.54) is 6.07 Å². The predicted molar refractivity (Wildman–Crippen MR) is 83.9 cm³/mol. The Morgan fingerprint density at radius 3 is 2.68 bits per heavy atom. The highest BCUT2D eigenvalue weighted by Crippen LogP contribution is 2.34. The van der Waals surface area contributed by atoms with Crippen LogP contribution in [0.4, 0.5) is 4.39 Å². The minimum absolute atomic E-state index is 0.0857. The first kappa shape index (κ1) is 15.1. The van der Waals surface area contributed by atoms with Crippen LogP contribution in [0, 0.1) is 5.82 Å². The Bertz CT molecular complexity index is 611. The van der Waals surface area contributed by atoms with E-state index in [0.29, 0.717) is 13.2 Å². The van der Waals surface area contributed by atoms with Gasteiger partial charge in [-0.3, -0.25) is 10.3 Å². The molecule has 0 unspecified atom stereocenters. The summed E-state index contributed by atoms with van der Waals surface area (Å²) in [7, 11) is 0. The van der Waals surface area contributed by atoms with Gasteiger partial charge < -0.3 is 4.74 Å². The van der Waals surface area contributed by atoms with Crippen LogP contribution in [0.2, 0.25) is 0 Å². The molecule has 4 heteroatoms. The van der Waals surface area contributed by atoms with Gasteiger partial charge in [0.2, 0.25) is 0 Å². The number of rotatable bonds is 4. The van der Waals surface area contributed by atoms with E-state index in [1.807, 2.05) is 24.3 Å². The van der Waals surface area contributed by atoms with Gasteiger partial charge in [0.15, 0.2) is 0 Å². The molecule has 3 rings (SSSR count). The van der Waals surface area contributed by atoms with Crippen LogP contribution in [0.15, 0.2) is 48.7 Å². The van der Waals surface area contributed by atoms with Crippen molar-refractivity contribution in [3.63, 3.8) is 0 Å². The van der Waals surface area contributed by atoms with Crippen LogP contribution in [0.1, 0.15) is 37.1 Å². The van der Waals surface area contributed by atoms with Gasteiger partial charge in [-0.15, -0.1) is 0 Å². The standard InChI is InChI=1S/C18H21FN2O/c1-14(17-7-2-3-10-20-17)21-18(8-11-22-12-9-18)15-5-4-6-16(19)13-15/h2-7,10,13-14,21H,8-9,11-12H2,1H3/t14-/m0/s1. The number of hydrogen-bond donors (Lipinski definition) is 1. The van der Waals surface area contributed by atoms with Crippen molar-refractivity contribution in [2.75, 3.05) is 13.2 Å². The molecular formula is C18H21FN2O. The van der Waals surface area contributed by atoms with Crippen LogP contribution in [0.25, 0.3) is 0 Å². The van der Waals surface area contributed by atoms with Crippen molar-refractivity contribution in [2.45, 2.75) is 31.3 Å². The molecule has 1 atom stereocenters. The Morgan fingerprint density at radius 2 is 2.00 bits per heavy atom. The second-order valence-electron chi connectivity index (χ2n) is 5.83. The van der Waals surface area contributed by atoms with E-state index < -0.39 is 0 Å². The fourth-order valence-corrected chi connectivity index (χ4v) is 3.14. The van der Waals surface area contributed by atoms with Gasteiger partial charge in [0, 0.05) is 31.0 Å². The van der Waals surface area contributed by atoms with Crippen LogP contribution in [0.5, 0.6) is 0 Å². The van der Waals surface area contributed by atoms with Gasteiger partial charge in [-0.2, -0.15) is 0 Å². The first-order valence-corrected chi connectivity index (χ1v) is 7.72. The molecular weight excluding hydrogens is 279 g/mol. The molecule has 1 aromatic carbocycles. The summed E-state index contributed by atoms with van der Waals surface area (Å²) >= 11 is 0. The maximum atomic E-state index is 13.7. The van der Waals surface area contributed by atoms with Crippen molar-refractivity contribution in [2.24, 2.45) is 0 Å². The third-order valence-corrected chi connectivity index (χ3v) is 4.35. The summed E-state index contributed by atoms with van der Waals surface area (Å²) in [5.41, 5.74) is 1.71. The molecule has 22 heavy (non-hydrogen) atoms. The highest BCUT2D eigenvalue weighted by molar-refractivity contribution is 5.27. The lowest BCUT2D eigenvalue weighted by atomic mass is 9.81. The van der Waals surface area contributed by atoms with Gasteiger partial charge in [-0.05, 0) is 49.6 Å². The Kier molecular flexibility index (Phi) is 4.50. The minimum Gasteiger partial charge on any atom is -0.381 e. The normalized spacial score (nSPS) is 18.8. The van der Waals surface area contributed by atoms with Gasteiger partial charge in [0.1, 0.15) is 5.82 Å². The van der Waals surface area contributed by atoms with Crippen LogP contribution in [-0.4, -0.2) is 18.2 Å². The zero-order chi connectivity index (χ0) is 15.4. The molecule has 0 saturated carbocycles. The summed E-state index contributed by atoms with van der Waals surface area (Å²) in [6, 6.07) is 12.9. The number of ether oxygens (including phenoxy) is 1. The average Bonchev–Trinajstić information content (AvgIpc) is 2.56. The summed E-state index contributed by atoms with van der Waals surface area (Å²) in [6.07, 6.45) is 3.45. The van der Waals surface area contributed by atoms with E-state index in [0.717, 1.165) is 24.1 Å². The van der Waals surface area contributed by atoms with E-state index >= 15 is 0 Å². The first-order chi connectivity index (χ1) is 10.7. The van der Waals surface area contributed by atoms with Gasteiger partial charge in [0.05, 0.1) is 5.69 Å². The second-order valence-corrected chi connectivity index (χ2v) is 5.83. The van der Waals surface area contributed by atoms with Gasteiger partial charge in [0.25, 0.3) is 0 Å². The van der Waals surface area contributed by atoms with Crippen LogP contribution < -0.4 is 5.32 Å². The van der Waals surface area contributed by atoms with Crippen molar-refractivity contribution in [1.82, 2.24) is 10.3 Å². The van der Waals surface area contributed by atoms with Crippen molar-refractivity contribution >= 4 is 0 Å². The molecule has 1 aromatic heterocycles. The lowest BCUT2D eigenvalue weighted by Crippen LogP contribution is -2.47. The number of nitrogens with zero attached hydrogens (tertiary/aromatic N) is 1. The first-order valence-electron chi connectivity index (χ1n) is 7.72. The smallest absolute Gasteiger partial charge is 0.123 e. The number of nitrogens with one attached hydrogen (secondary N) is 1. The predicted octanol–water partition coefficient (Wildman–Crippen LogP) is 3.58. The SMILES string of the molecule is C[C@H](NC1(c2cccc(F)c2)CCOCC1)c1ccccn1. The van der Waals surface area contributed by atoms with Crippen molar-refractivity contribution < 1.29 is 9.13 Å². The summed E-state index contributed by atoms with van der Waals surface area (Å²) in [5.74, 6) is -0.198. The van der Waals surface area contributed by atoms with E-state index in [4.69, 9.17) is 4.74 Å². The topological polar surface area (TPSA) is 34.1 Å². The molecule has 0 radical (unpaired) electrons. The van der Waals surface area contributed by atoms with E-state index in [-0.39, 0.29) is 17.4 Å². The Balaban J connectivity index is 1.89. The molecule has 1 aliphatic rings. The van der Waals surface area contributed by atoms with E-state index in [1.54, 1.807) is 18.3 Å². The fraction of sp³-hybridized carbons (Fsp3) is 0.389. The van der Waals surface area contributed by atoms with Gasteiger partial charge >= 0.3 is 0 Å². The number of pyridine rings is 1. The maximum absolute atomic E-state index is 13.7. The molecule has 3 nitrogen and oxygen atoms in total. The maximum Gasteiger partial charge on any atom is 0.123 e. The minimum atomic E-state index is -0.267. The summed E-state index contributed by atoms with van der Waals surface area (Å²) in [6.45, 7) is 3.45. The Labute approximate surface area is 130 Å². The van der Waals surface area contributed by atoms with Crippen LogP contribution in [-0.2, 0) is 10.3 Å². The summed E-state index contributed by atoms with van der Waals surface area (Å²) in [4.78, 5) is 4.42. The fourth-order valence-electron chi connectivity index (χ4n) is 3.14. The van der Waals surface area contributed by atoms with Crippen LogP contribution >= 0.6 is 0 Å². The largest absolute Gasteiger partial charge is 0.381 e. The molecule has 0 amide bonds. The molecule has 0 aliphatic carbocycles. The third-order valence-electron chi connectivity index (χ3n) is 4.35. The van der Waals surface area contributed by atoms with E-state index in [9.17, 15) is 4.39 Å². The molecule has 0 bridgehead atoms. The van der Waals surface area contributed by atoms with E-state index in [2.05, 4.69) is 17.2 Å². The summed E-state index contributed by atoms with van der Waals surface area (Å²) in [5, 5.41) is 3.68. The Morgan fingerprint density at radius 1 is 1.18 bits per heavy atom. The number of halogens is 1. The molecule has 1 saturated heterocycles. The highest BCUT2D eigenvalue weighted by Gasteiger charge is 2.36. The number of benzene rings is 1. The average molecular weight is 300 g/mol. The third kappa shape index (κ3) is 3.18. The molecule has 1 N–H and O–H groups in total. The van der Waals surface area contributed by atoms with Crippen molar-refractivity contribution in [1.29, 1.82) is 0 Å². The molecule has 0 spiro atoms. The highest BCUT2D eigenvalue weighted by atomic mass is 19.1. The second kappa shape index (κ2) is 6.55. The number of aromatic nitrogens is 1. The molecule has 1 aliphatic heterocycles. The zero-order valence-electron chi connectivity index (χ0n) is 12.8. The molecule has 1 fully saturated rings. The lowest BCUT2D eigenvalue weighted by Gasteiger charge is -2.40. The lowest BCUT2D eigenvalue weighted by molar-refractivity contribution is 0.0318. The molecule has 116 valence electrons. The summed E-state index contributed by atoms with van der Waals surface area (Å²) < 4.78 is 19.2. The van der Waals surface area contributed by atoms with Gasteiger partial charge in [-0.1, -0.05) is 18.2 Å².